The third-order valence-electron chi connectivity index (χ3n) is 4.01. The SMILES string of the molecule is CCn1ncc2c(C(=O)Nc3cccc(F)c3)cc(-c3cccs3)nc21. The van der Waals surface area contributed by atoms with Crippen LogP contribution in [0.4, 0.5) is 10.1 Å². The zero-order valence-corrected chi connectivity index (χ0v) is 14.8. The number of nitrogens with one attached hydrogen (secondary N) is 1. The Hall–Kier alpha value is -3.06. The van der Waals surface area contributed by atoms with E-state index in [4.69, 9.17) is 0 Å². The Labute approximate surface area is 153 Å². The lowest BCUT2D eigenvalue weighted by molar-refractivity contribution is 0.102. The summed E-state index contributed by atoms with van der Waals surface area (Å²) < 4.78 is 15.2. The molecule has 26 heavy (non-hydrogen) atoms. The number of aryl methyl sites for hydroxylation is 1. The number of rotatable bonds is 4. The molecule has 1 amide bonds. The van der Waals surface area contributed by atoms with Crippen molar-refractivity contribution in [2.24, 2.45) is 0 Å². The number of aromatic nitrogens is 3. The van der Waals surface area contributed by atoms with Crippen LogP contribution in [0, 0.1) is 5.82 Å². The van der Waals surface area contributed by atoms with E-state index < -0.39 is 5.82 Å². The van der Waals surface area contributed by atoms with Gasteiger partial charge in [-0.2, -0.15) is 5.10 Å². The van der Waals surface area contributed by atoms with Gasteiger partial charge in [-0.3, -0.25) is 4.79 Å². The minimum absolute atomic E-state index is 0.323. The van der Waals surface area contributed by atoms with E-state index in [-0.39, 0.29) is 5.91 Å². The second-order valence-electron chi connectivity index (χ2n) is 5.69. The number of nitrogens with zero attached hydrogens (tertiary/aromatic N) is 3. The summed E-state index contributed by atoms with van der Waals surface area (Å²) in [4.78, 5) is 18.5. The van der Waals surface area contributed by atoms with Crippen molar-refractivity contribution < 1.29 is 9.18 Å². The van der Waals surface area contributed by atoms with Crippen LogP contribution in [0.2, 0.25) is 0 Å². The first-order valence-corrected chi connectivity index (χ1v) is 9.01. The maximum absolute atomic E-state index is 13.4. The number of halogens is 1. The summed E-state index contributed by atoms with van der Waals surface area (Å²) in [7, 11) is 0. The van der Waals surface area contributed by atoms with E-state index in [1.807, 2.05) is 24.4 Å². The van der Waals surface area contributed by atoms with Crippen LogP contribution in [0.3, 0.4) is 0 Å². The fraction of sp³-hybridized carbons (Fsp3) is 0.105. The van der Waals surface area contributed by atoms with Crippen LogP contribution in [0.5, 0.6) is 0 Å². The summed E-state index contributed by atoms with van der Waals surface area (Å²) >= 11 is 1.55. The highest BCUT2D eigenvalue weighted by Crippen LogP contribution is 2.28. The van der Waals surface area contributed by atoms with Gasteiger partial charge in [0.25, 0.3) is 5.91 Å². The molecular weight excluding hydrogens is 351 g/mol. The molecule has 4 rings (SSSR count). The molecule has 1 aromatic carbocycles. The molecule has 130 valence electrons. The highest BCUT2D eigenvalue weighted by Gasteiger charge is 2.18. The molecule has 7 heteroatoms. The lowest BCUT2D eigenvalue weighted by atomic mass is 10.1. The zero-order chi connectivity index (χ0) is 18.1. The first kappa shape index (κ1) is 16.4. The number of benzene rings is 1. The van der Waals surface area contributed by atoms with Gasteiger partial charge in [-0.15, -0.1) is 11.3 Å². The monoisotopic (exact) mass is 366 g/mol. The van der Waals surface area contributed by atoms with E-state index in [2.05, 4.69) is 15.4 Å². The number of pyridine rings is 1. The van der Waals surface area contributed by atoms with Crippen molar-refractivity contribution in [1.82, 2.24) is 14.8 Å². The molecule has 0 saturated heterocycles. The predicted octanol–water partition coefficient (Wildman–Crippen LogP) is 4.57. The molecule has 0 atom stereocenters. The number of thiophene rings is 1. The molecule has 3 aromatic heterocycles. The van der Waals surface area contributed by atoms with Crippen LogP contribution >= 0.6 is 11.3 Å². The topological polar surface area (TPSA) is 59.8 Å². The van der Waals surface area contributed by atoms with E-state index >= 15 is 0 Å². The Morgan fingerprint density at radius 2 is 2.15 bits per heavy atom. The lowest BCUT2D eigenvalue weighted by Gasteiger charge is -2.09. The lowest BCUT2D eigenvalue weighted by Crippen LogP contribution is -2.13. The molecule has 0 fully saturated rings. The van der Waals surface area contributed by atoms with Gasteiger partial charge in [0, 0.05) is 12.2 Å². The molecule has 0 saturated carbocycles. The van der Waals surface area contributed by atoms with Crippen LogP contribution < -0.4 is 5.32 Å². The third kappa shape index (κ3) is 2.97. The van der Waals surface area contributed by atoms with E-state index in [1.165, 1.54) is 12.1 Å². The largest absolute Gasteiger partial charge is 0.322 e. The quantitative estimate of drug-likeness (QED) is 0.575. The number of carbonyl (C=O) groups is 1. The Morgan fingerprint density at radius 1 is 1.27 bits per heavy atom. The summed E-state index contributed by atoms with van der Waals surface area (Å²) in [5, 5.41) is 9.70. The van der Waals surface area contributed by atoms with Crippen LogP contribution in [-0.2, 0) is 6.54 Å². The summed E-state index contributed by atoms with van der Waals surface area (Å²) in [6.07, 6.45) is 1.64. The average Bonchev–Trinajstić information content (AvgIpc) is 3.30. The smallest absolute Gasteiger partial charge is 0.256 e. The number of hydrogen-bond acceptors (Lipinski definition) is 4. The van der Waals surface area contributed by atoms with Crippen molar-refractivity contribution >= 4 is 34.0 Å². The molecule has 0 aliphatic carbocycles. The number of anilines is 1. The molecule has 4 aromatic rings. The van der Waals surface area contributed by atoms with E-state index in [0.29, 0.717) is 34.5 Å². The predicted molar refractivity (Wildman–Crippen MR) is 101 cm³/mol. The standard InChI is InChI=1S/C19H15FN4OS/c1-2-24-18-15(11-21-24)14(10-16(23-18)17-7-4-8-26-17)19(25)22-13-6-3-5-12(20)9-13/h3-11H,2H2,1H3,(H,22,25). The summed E-state index contributed by atoms with van der Waals surface area (Å²) in [5.74, 6) is -0.725. The van der Waals surface area contributed by atoms with Gasteiger partial charge in [-0.1, -0.05) is 12.1 Å². The normalized spacial score (nSPS) is 11.0. The van der Waals surface area contributed by atoms with E-state index in [9.17, 15) is 9.18 Å². The van der Waals surface area contributed by atoms with Gasteiger partial charge < -0.3 is 5.32 Å². The van der Waals surface area contributed by atoms with Crippen molar-refractivity contribution in [1.29, 1.82) is 0 Å². The Kier molecular flexibility index (Phi) is 4.22. The first-order chi connectivity index (χ1) is 12.7. The highest BCUT2D eigenvalue weighted by molar-refractivity contribution is 7.13. The van der Waals surface area contributed by atoms with Gasteiger partial charge in [-0.05, 0) is 42.6 Å². The Balaban J connectivity index is 1.82. The van der Waals surface area contributed by atoms with E-state index in [0.717, 1.165) is 4.88 Å². The maximum Gasteiger partial charge on any atom is 0.256 e. The minimum Gasteiger partial charge on any atom is -0.322 e. The van der Waals surface area contributed by atoms with Crippen molar-refractivity contribution in [3.8, 4) is 10.6 Å². The fourth-order valence-corrected chi connectivity index (χ4v) is 3.47. The van der Waals surface area contributed by atoms with Crippen molar-refractivity contribution in [3.63, 3.8) is 0 Å². The minimum atomic E-state index is -0.402. The summed E-state index contributed by atoms with van der Waals surface area (Å²) in [6, 6.07) is 11.5. The van der Waals surface area contributed by atoms with Crippen molar-refractivity contribution in [2.75, 3.05) is 5.32 Å². The number of hydrogen-bond donors (Lipinski definition) is 1. The van der Waals surface area contributed by atoms with Crippen LogP contribution in [-0.4, -0.2) is 20.7 Å². The molecule has 0 spiro atoms. The third-order valence-corrected chi connectivity index (χ3v) is 4.90. The first-order valence-electron chi connectivity index (χ1n) is 8.13. The molecule has 0 radical (unpaired) electrons. The van der Waals surface area contributed by atoms with Crippen molar-refractivity contribution in [3.05, 3.63) is 65.4 Å². The van der Waals surface area contributed by atoms with Gasteiger partial charge in [0.2, 0.25) is 0 Å². The second kappa shape index (κ2) is 6.68. The Morgan fingerprint density at radius 3 is 2.88 bits per heavy atom. The van der Waals surface area contributed by atoms with Gasteiger partial charge in [-0.25, -0.2) is 14.1 Å². The molecular formula is C19H15FN4OS. The molecule has 0 unspecified atom stereocenters. The number of fused-ring (bicyclic) bond motifs is 1. The van der Waals surface area contributed by atoms with Crippen LogP contribution in [0.1, 0.15) is 17.3 Å². The highest BCUT2D eigenvalue weighted by atomic mass is 32.1. The van der Waals surface area contributed by atoms with Gasteiger partial charge in [0.15, 0.2) is 5.65 Å². The number of carbonyl (C=O) groups excluding carboxylic acids is 1. The van der Waals surface area contributed by atoms with Crippen LogP contribution in [0.25, 0.3) is 21.6 Å². The molecule has 0 aliphatic heterocycles. The Bertz CT molecular complexity index is 1090. The molecule has 0 bridgehead atoms. The summed E-state index contributed by atoms with van der Waals surface area (Å²) in [6.45, 7) is 2.62. The maximum atomic E-state index is 13.4. The summed E-state index contributed by atoms with van der Waals surface area (Å²) in [5.41, 5.74) is 2.23. The molecule has 0 aliphatic rings. The number of amides is 1. The van der Waals surface area contributed by atoms with Gasteiger partial charge in [0.1, 0.15) is 5.82 Å². The molecule has 3 heterocycles. The van der Waals surface area contributed by atoms with Gasteiger partial charge >= 0.3 is 0 Å². The average molecular weight is 366 g/mol. The van der Waals surface area contributed by atoms with Crippen molar-refractivity contribution in [2.45, 2.75) is 13.5 Å². The van der Waals surface area contributed by atoms with Crippen LogP contribution in [0.15, 0.2) is 54.0 Å². The molecule has 5 nitrogen and oxygen atoms in total. The zero-order valence-electron chi connectivity index (χ0n) is 13.9. The second-order valence-corrected chi connectivity index (χ2v) is 6.64. The van der Waals surface area contributed by atoms with E-state index in [1.54, 1.807) is 40.4 Å². The fourth-order valence-electron chi connectivity index (χ4n) is 2.78. The molecule has 1 N–H and O–H groups in total. The van der Waals surface area contributed by atoms with Gasteiger partial charge in [0.05, 0.1) is 27.7 Å².